The molecule has 0 saturated heterocycles. The minimum Gasteiger partial charge on any atom is -0.505 e. The molecule has 2 N–H and O–H groups in total. The first-order valence-electron chi connectivity index (χ1n) is 10.3. The minimum atomic E-state index is -1.91. The summed E-state index contributed by atoms with van der Waals surface area (Å²) in [5.41, 5.74) is 3.17. The Morgan fingerprint density at radius 1 is 1.09 bits per heavy atom. The molecule has 3 aromatic carbocycles. The van der Waals surface area contributed by atoms with Crippen molar-refractivity contribution in [3.8, 4) is 17.2 Å². The molecular weight excluding hydrogens is 479 g/mol. The first kappa shape index (κ1) is 23.8. The number of phenolic OH excluding ortho intramolecular Hbond substituents is 1. The largest absolute Gasteiger partial charge is 0.505 e. The van der Waals surface area contributed by atoms with Gasteiger partial charge >= 0.3 is 0 Å². The van der Waals surface area contributed by atoms with E-state index in [0.717, 1.165) is 27.6 Å². The van der Waals surface area contributed by atoms with Crippen LogP contribution in [0.15, 0.2) is 59.6 Å². The van der Waals surface area contributed by atoms with Gasteiger partial charge in [0.1, 0.15) is 10.7 Å². The van der Waals surface area contributed by atoms with Gasteiger partial charge in [0.15, 0.2) is 28.2 Å². The predicted molar refractivity (Wildman–Crippen MR) is 132 cm³/mol. The number of nitrogens with zero attached hydrogens (tertiary/aromatic N) is 1. The van der Waals surface area contributed by atoms with Gasteiger partial charge < -0.3 is 14.6 Å². The third-order valence-electron chi connectivity index (χ3n) is 5.34. The number of halogens is 2. The molecule has 0 spiro atoms. The second-order valence-electron chi connectivity index (χ2n) is 7.65. The lowest BCUT2D eigenvalue weighted by molar-refractivity contribution is 0.356. The zero-order valence-corrected chi connectivity index (χ0v) is 20.3. The number of hydrogen-bond donors (Lipinski definition) is 2. The second-order valence-corrected chi connectivity index (χ2v) is 9.24. The van der Waals surface area contributed by atoms with Gasteiger partial charge in [0.05, 0.1) is 30.4 Å². The number of aryl methyl sites for hydroxylation is 1. The summed E-state index contributed by atoms with van der Waals surface area (Å²) in [6.07, 6.45) is 2.14. The molecule has 0 amide bonds. The van der Waals surface area contributed by atoms with E-state index >= 15 is 0 Å². The summed E-state index contributed by atoms with van der Waals surface area (Å²) < 4.78 is 41.0. The molecule has 6 nitrogen and oxygen atoms in total. The van der Waals surface area contributed by atoms with Crippen LogP contribution in [0.5, 0.6) is 17.2 Å². The van der Waals surface area contributed by atoms with Gasteiger partial charge in [-0.05, 0) is 66.4 Å². The molecule has 0 saturated carbocycles. The fourth-order valence-electron chi connectivity index (χ4n) is 3.65. The molecule has 4 aromatic rings. The van der Waals surface area contributed by atoms with Crippen LogP contribution in [0.1, 0.15) is 16.7 Å². The monoisotopic (exact) mass is 500 g/mol. The lowest BCUT2D eigenvalue weighted by Crippen LogP contribution is -2.07. The lowest BCUT2D eigenvalue weighted by atomic mass is 10.0. The third kappa shape index (κ3) is 4.78. The maximum Gasteiger partial charge on any atom is 0.162 e. The van der Waals surface area contributed by atoms with E-state index in [-0.39, 0.29) is 21.4 Å². The number of methoxy groups -OCH3 is 2. The van der Waals surface area contributed by atoms with Crippen LogP contribution in [0.3, 0.4) is 0 Å². The average molecular weight is 501 g/mol. The van der Waals surface area contributed by atoms with Crippen LogP contribution in [-0.2, 0) is 17.4 Å². The topological polar surface area (TPSA) is 80.7 Å². The van der Waals surface area contributed by atoms with Crippen molar-refractivity contribution in [2.45, 2.75) is 18.2 Å². The fourth-order valence-corrected chi connectivity index (χ4v) is 5.04. The van der Waals surface area contributed by atoms with E-state index in [0.29, 0.717) is 17.9 Å². The molecule has 1 atom stereocenters. The van der Waals surface area contributed by atoms with Gasteiger partial charge in [-0.25, -0.2) is 8.60 Å². The van der Waals surface area contributed by atoms with E-state index in [1.54, 1.807) is 45.5 Å². The fraction of sp³-hybridized carbons (Fsp3) is 0.160. The van der Waals surface area contributed by atoms with Crippen molar-refractivity contribution < 1.29 is 23.2 Å². The van der Waals surface area contributed by atoms with Crippen molar-refractivity contribution >= 4 is 39.2 Å². The summed E-state index contributed by atoms with van der Waals surface area (Å²) in [6.45, 7) is 1.76. The van der Waals surface area contributed by atoms with E-state index in [4.69, 9.17) is 21.1 Å². The highest BCUT2D eigenvalue weighted by Gasteiger charge is 2.16. The van der Waals surface area contributed by atoms with E-state index in [1.165, 1.54) is 18.2 Å². The summed E-state index contributed by atoms with van der Waals surface area (Å²) in [4.78, 5) is 4.48. The molecule has 1 unspecified atom stereocenters. The number of anilines is 1. The van der Waals surface area contributed by atoms with Crippen molar-refractivity contribution in [2.24, 2.45) is 0 Å². The Labute approximate surface area is 203 Å². The molecule has 176 valence electrons. The predicted octanol–water partition coefficient (Wildman–Crippen LogP) is 5.78. The van der Waals surface area contributed by atoms with E-state index in [2.05, 4.69) is 9.71 Å². The van der Waals surface area contributed by atoms with Crippen LogP contribution in [-0.4, -0.2) is 28.5 Å². The number of aromatic nitrogens is 1. The molecule has 4 rings (SSSR count). The van der Waals surface area contributed by atoms with Gasteiger partial charge in [0.25, 0.3) is 0 Å². The van der Waals surface area contributed by atoms with Crippen molar-refractivity contribution in [1.29, 1.82) is 0 Å². The maximum absolute atomic E-state index is 14.9. The quantitative estimate of drug-likeness (QED) is 0.336. The average Bonchev–Trinajstić information content (AvgIpc) is 2.82. The first-order chi connectivity index (χ1) is 16.3. The Hall–Kier alpha value is -3.36. The summed E-state index contributed by atoms with van der Waals surface area (Å²) in [5.74, 6) is 0.292. The summed E-state index contributed by atoms with van der Waals surface area (Å²) in [5, 5.41) is 11.1. The van der Waals surface area contributed by atoms with Gasteiger partial charge in [-0.2, -0.15) is 0 Å². The Morgan fingerprint density at radius 2 is 1.82 bits per heavy atom. The third-order valence-corrected chi connectivity index (χ3v) is 6.74. The van der Waals surface area contributed by atoms with E-state index < -0.39 is 16.8 Å². The van der Waals surface area contributed by atoms with E-state index in [9.17, 15) is 13.7 Å². The minimum absolute atomic E-state index is 0.0464. The standard InChI is InChI=1S/C25H22ClFN2O4S/c1-14-8-18(26)25(30)24(9-14)34(31)29-20-5-4-15(11-19(20)27)10-16-6-7-28-21-13-23(33-3)22(32-2)12-17(16)21/h4-9,11-13,29-30H,10H2,1-3H3. The molecule has 1 aromatic heterocycles. The number of fused-ring (bicyclic) bond motifs is 1. The van der Waals surface area contributed by atoms with Gasteiger partial charge in [-0.15, -0.1) is 0 Å². The Bertz CT molecular complexity index is 1410. The van der Waals surface area contributed by atoms with Crippen LogP contribution in [0.2, 0.25) is 5.02 Å². The van der Waals surface area contributed by atoms with Crippen LogP contribution in [0, 0.1) is 12.7 Å². The Kier molecular flexibility index (Phi) is 6.90. The molecule has 0 aliphatic carbocycles. The van der Waals surface area contributed by atoms with Crippen molar-refractivity contribution in [3.05, 3.63) is 82.3 Å². The number of nitrogens with one attached hydrogen (secondary N) is 1. The Balaban J connectivity index is 1.60. The van der Waals surface area contributed by atoms with Crippen LogP contribution >= 0.6 is 11.6 Å². The van der Waals surface area contributed by atoms with Crippen LogP contribution in [0.4, 0.5) is 10.1 Å². The lowest BCUT2D eigenvalue weighted by Gasteiger charge is -2.13. The second kappa shape index (κ2) is 9.87. The number of pyridine rings is 1. The van der Waals surface area contributed by atoms with Gasteiger partial charge in [-0.1, -0.05) is 17.7 Å². The smallest absolute Gasteiger partial charge is 0.162 e. The Morgan fingerprint density at radius 3 is 2.53 bits per heavy atom. The molecule has 9 heteroatoms. The zero-order chi connectivity index (χ0) is 24.4. The molecule has 0 aliphatic heterocycles. The van der Waals surface area contributed by atoms with Gasteiger partial charge in [-0.3, -0.25) is 9.71 Å². The molecule has 0 radical (unpaired) electrons. The molecule has 0 bridgehead atoms. The van der Waals surface area contributed by atoms with Crippen LogP contribution < -0.4 is 14.2 Å². The highest BCUT2D eigenvalue weighted by molar-refractivity contribution is 7.86. The molecule has 1 heterocycles. The van der Waals surface area contributed by atoms with Crippen LogP contribution in [0.25, 0.3) is 10.9 Å². The summed E-state index contributed by atoms with van der Waals surface area (Å²) in [6, 6.07) is 13.3. The van der Waals surface area contributed by atoms with Gasteiger partial charge in [0.2, 0.25) is 0 Å². The normalized spacial score (nSPS) is 11.9. The van der Waals surface area contributed by atoms with Crippen molar-refractivity contribution in [3.63, 3.8) is 0 Å². The molecule has 0 aliphatic rings. The molecule has 0 fully saturated rings. The number of phenols is 1. The zero-order valence-electron chi connectivity index (χ0n) is 18.7. The summed E-state index contributed by atoms with van der Waals surface area (Å²) in [7, 11) is 1.22. The highest BCUT2D eigenvalue weighted by atomic mass is 35.5. The van der Waals surface area contributed by atoms with Crippen molar-refractivity contribution in [1.82, 2.24) is 4.98 Å². The van der Waals surface area contributed by atoms with Crippen molar-refractivity contribution in [2.75, 3.05) is 18.9 Å². The number of hydrogen-bond acceptors (Lipinski definition) is 5. The summed E-state index contributed by atoms with van der Waals surface area (Å²) >= 11 is 5.97. The molecule has 34 heavy (non-hydrogen) atoms. The number of benzene rings is 3. The van der Waals surface area contributed by atoms with Gasteiger partial charge in [0, 0.05) is 17.6 Å². The number of rotatable bonds is 7. The number of ether oxygens (including phenoxy) is 2. The first-order valence-corrected chi connectivity index (χ1v) is 11.8. The highest BCUT2D eigenvalue weighted by Crippen LogP contribution is 2.34. The maximum atomic E-state index is 14.9. The SMILES string of the molecule is COc1cc2nccc(Cc3ccc(NS(=O)c4cc(C)cc(Cl)c4O)c(F)c3)c2cc1OC. The number of aromatic hydroxyl groups is 1. The van der Waals surface area contributed by atoms with E-state index in [1.807, 2.05) is 12.1 Å². The molecular formula is C25H22ClFN2O4S.